The number of nitrogens with zero attached hydrogens (tertiary/aromatic N) is 1. The van der Waals surface area contributed by atoms with Gasteiger partial charge in [-0.15, -0.1) is 0 Å². The third-order valence-corrected chi connectivity index (χ3v) is 5.60. The van der Waals surface area contributed by atoms with E-state index in [0.29, 0.717) is 23.5 Å². The Bertz CT molecular complexity index is 854. The molecule has 2 aromatic rings. The van der Waals surface area contributed by atoms with E-state index in [9.17, 15) is 14.0 Å². The first-order chi connectivity index (χ1) is 14.5. The number of hydrogen-bond acceptors (Lipinski definition) is 4. The van der Waals surface area contributed by atoms with Crippen LogP contribution in [-0.4, -0.2) is 37.0 Å². The predicted octanol–water partition coefficient (Wildman–Crippen LogP) is 3.92. The van der Waals surface area contributed by atoms with E-state index in [1.54, 1.807) is 30.3 Å². The minimum atomic E-state index is -0.326. The van der Waals surface area contributed by atoms with E-state index in [1.807, 2.05) is 12.1 Å². The molecule has 1 heterocycles. The van der Waals surface area contributed by atoms with Gasteiger partial charge in [0.05, 0.1) is 12.7 Å². The molecule has 0 unspecified atom stereocenters. The van der Waals surface area contributed by atoms with Crippen molar-refractivity contribution < 1.29 is 18.7 Å². The number of esters is 1. The molecule has 1 amide bonds. The smallest absolute Gasteiger partial charge is 0.337 e. The van der Waals surface area contributed by atoms with Gasteiger partial charge in [-0.3, -0.25) is 9.69 Å². The molecular weight excluding hydrogens is 383 g/mol. The van der Waals surface area contributed by atoms with E-state index in [1.165, 1.54) is 13.2 Å². The van der Waals surface area contributed by atoms with E-state index >= 15 is 0 Å². The quantitative estimate of drug-likeness (QED) is 0.668. The third-order valence-electron chi connectivity index (χ3n) is 5.60. The van der Waals surface area contributed by atoms with Gasteiger partial charge in [0.25, 0.3) is 0 Å². The van der Waals surface area contributed by atoms with Gasteiger partial charge in [0.1, 0.15) is 5.82 Å². The molecule has 30 heavy (non-hydrogen) atoms. The molecule has 0 aliphatic carbocycles. The molecule has 6 heteroatoms. The van der Waals surface area contributed by atoms with Crippen molar-refractivity contribution in [3.05, 3.63) is 71.0 Å². The van der Waals surface area contributed by atoms with Gasteiger partial charge in [-0.05, 0) is 55.5 Å². The van der Waals surface area contributed by atoms with Crippen LogP contribution in [-0.2, 0) is 22.6 Å². The lowest BCUT2D eigenvalue weighted by Crippen LogP contribution is -2.35. The van der Waals surface area contributed by atoms with Gasteiger partial charge in [0.2, 0.25) is 5.91 Å². The maximum atomic E-state index is 13.6. The van der Waals surface area contributed by atoms with Crippen molar-refractivity contribution in [2.24, 2.45) is 5.92 Å². The zero-order valence-corrected chi connectivity index (χ0v) is 17.4. The fraction of sp³-hybridized carbons (Fsp3) is 0.417. The zero-order valence-electron chi connectivity index (χ0n) is 17.4. The standard InChI is InChI=1S/C24H29FN2O3/c1-30-24(29)20-11-8-19(9-12-20)17-27-14-4-5-18(16-27)10-13-23(28)26-15-21-6-2-3-7-22(21)25/h2-3,6-9,11-12,18H,4-5,10,13-17H2,1H3,(H,26,28)/t18-/m0/s1. The highest BCUT2D eigenvalue weighted by Gasteiger charge is 2.21. The number of rotatable bonds is 8. The van der Waals surface area contributed by atoms with Crippen LogP contribution in [0.25, 0.3) is 0 Å². The molecule has 1 saturated heterocycles. The van der Waals surface area contributed by atoms with Gasteiger partial charge in [0, 0.05) is 31.6 Å². The number of carbonyl (C=O) groups excluding carboxylic acids is 2. The number of nitrogens with one attached hydrogen (secondary N) is 1. The minimum Gasteiger partial charge on any atom is -0.465 e. The Morgan fingerprint density at radius 3 is 2.67 bits per heavy atom. The molecular formula is C24H29FN2O3. The molecule has 1 aliphatic heterocycles. The molecule has 160 valence electrons. The number of benzene rings is 2. The van der Waals surface area contributed by atoms with Crippen LogP contribution >= 0.6 is 0 Å². The molecule has 1 aliphatic rings. The molecule has 3 rings (SSSR count). The Kier molecular flexibility index (Phi) is 7.97. The zero-order chi connectivity index (χ0) is 21.3. The Balaban J connectivity index is 1.41. The summed E-state index contributed by atoms with van der Waals surface area (Å²) in [6.07, 6.45) is 3.53. The van der Waals surface area contributed by atoms with Crippen LogP contribution in [0.3, 0.4) is 0 Å². The SMILES string of the molecule is COC(=O)c1ccc(CN2CCC[C@@H](CCC(=O)NCc3ccccc3F)C2)cc1. The monoisotopic (exact) mass is 412 g/mol. The fourth-order valence-corrected chi connectivity index (χ4v) is 3.91. The number of amides is 1. The summed E-state index contributed by atoms with van der Waals surface area (Å²) < 4.78 is 18.4. The minimum absolute atomic E-state index is 0.0335. The van der Waals surface area contributed by atoms with Crippen molar-refractivity contribution in [3.8, 4) is 0 Å². The second kappa shape index (κ2) is 10.9. The molecule has 1 N–H and O–H groups in total. The molecule has 0 radical (unpaired) electrons. The number of methoxy groups -OCH3 is 1. The van der Waals surface area contributed by atoms with E-state index in [-0.39, 0.29) is 24.2 Å². The summed E-state index contributed by atoms with van der Waals surface area (Å²) in [7, 11) is 1.38. The van der Waals surface area contributed by atoms with Crippen LogP contribution in [0.2, 0.25) is 0 Å². The van der Waals surface area contributed by atoms with Crippen molar-refractivity contribution in [3.63, 3.8) is 0 Å². The van der Waals surface area contributed by atoms with E-state index < -0.39 is 0 Å². The molecule has 2 aromatic carbocycles. The summed E-state index contributed by atoms with van der Waals surface area (Å²) in [4.78, 5) is 26.1. The van der Waals surface area contributed by atoms with Gasteiger partial charge in [-0.1, -0.05) is 30.3 Å². The average Bonchev–Trinajstić information content (AvgIpc) is 2.77. The number of carbonyl (C=O) groups is 2. The second-order valence-corrected chi connectivity index (χ2v) is 7.84. The van der Waals surface area contributed by atoms with Gasteiger partial charge in [0.15, 0.2) is 0 Å². The number of halogens is 1. The Labute approximate surface area is 177 Å². The van der Waals surface area contributed by atoms with Crippen molar-refractivity contribution in [2.75, 3.05) is 20.2 Å². The predicted molar refractivity (Wildman–Crippen MR) is 113 cm³/mol. The fourth-order valence-electron chi connectivity index (χ4n) is 3.91. The molecule has 0 aromatic heterocycles. The summed E-state index contributed by atoms with van der Waals surface area (Å²) in [5.74, 6) is -0.172. The van der Waals surface area contributed by atoms with Crippen molar-refractivity contribution in [2.45, 2.75) is 38.8 Å². The maximum Gasteiger partial charge on any atom is 0.337 e. The normalized spacial score (nSPS) is 16.8. The van der Waals surface area contributed by atoms with Crippen LogP contribution < -0.4 is 5.32 Å². The topological polar surface area (TPSA) is 58.6 Å². The van der Waals surface area contributed by atoms with Gasteiger partial charge in [-0.25, -0.2) is 9.18 Å². The lowest BCUT2D eigenvalue weighted by molar-refractivity contribution is -0.121. The largest absolute Gasteiger partial charge is 0.465 e. The van der Waals surface area contributed by atoms with Gasteiger partial charge in [-0.2, -0.15) is 0 Å². The van der Waals surface area contributed by atoms with Crippen LogP contribution in [0.4, 0.5) is 4.39 Å². The summed E-state index contributed by atoms with van der Waals surface area (Å²) in [6, 6.07) is 14.0. The van der Waals surface area contributed by atoms with Crippen molar-refractivity contribution in [1.82, 2.24) is 10.2 Å². The Hall–Kier alpha value is -2.73. The Morgan fingerprint density at radius 2 is 1.93 bits per heavy atom. The van der Waals surface area contributed by atoms with E-state index in [2.05, 4.69) is 10.2 Å². The molecule has 1 fully saturated rings. The van der Waals surface area contributed by atoms with Crippen molar-refractivity contribution >= 4 is 11.9 Å². The first-order valence-corrected chi connectivity index (χ1v) is 10.4. The van der Waals surface area contributed by atoms with Crippen molar-refractivity contribution in [1.29, 1.82) is 0 Å². The number of hydrogen-bond donors (Lipinski definition) is 1. The highest BCUT2D eigenvalue weighted by Crippen LogP contribution is 2.22. The third kappa shape index (κ3) is 6.39. The first kappa shape index (κ1) is 22.0. The number of ether oxygens (including phenoxy) is 1. The lowest BCUT2D eigenvalue weighted by Gasteiger charge is -2.32. The van der Waals surface area contributed by atoms with Crippen LogP contribution in [0.15, 0.2) is 48.5 Å². The summed E-state index contributed by atoms with van der Waals surface area (Å²) in [6.45, 7) is 3.05. The van der Waals surface area contributed by atoms with Gasteiger partial charge >= 0.3 is 5.97 Å². The van der Waals surface area contributed by atoms with E-state index in [4.69, 9.17) is 4.74 Å². The second-order valence-electron chi connectivity index (χ2n) is 7.84. The Morgan fingerprint density at radius 1 is 1.17 bits per heavy atom. The maximum absolute atomic E-state index is 13.6. The summed E-state index contributed by atoms with van der Waals surface area (Å²) in [5.41, 5.74) is 2.22. The highest BCUT2D eigenvalue weighted by molar-refractivity contribution is 5.89. The molecule has 1 atom stereocenters. The number of piperidine rings is 1. The molecule has 0 spiro atoms. The van der Waals surface area contributed by atoms with Crippen LogP contribution in [0, 0.1) is 11.7 Å². The highest BCUT2D eigenvalue weighted by atomic mass is 19.1. The van der Waals surface area contributed by atoms with Gasteiger partial charge < -0.3 is 10.1 Å². The van der Waals surface area contributed by atoms with Crippen LogP contribution in [0.1, 0.15) is 47.2 Å². The summed E-state index contributed by atoms with van der Waals surface area (Å²) >= 11 is 0. The van der Waals surface area contributed by atoms with Crippen LogP contribution in [0.5, 0.6) is 0 Å². The first-order valence-electron chi connectivity index (χ1n) is 10.4. The molecule has 5 nitrogen and oxygen atoms in total. The van der Waals surface area contributed by atoms with E-state index in [0.717, 1.165) is 44.5 Å². The molecule has 0 bridgehead atoms. The average molecular weight is 413 g/mol. The summed E-state index contributed by atoms with van der Waals surface area (Å²) in [5, 5.41) is 2.82. The number of likely N-dealkylation sites (tertiary alicyclic amines) is 1. The molecule has 0 saturated carbocycles. The lowest BCUT2D eigenvalue weighted by atomic mass is 9.93.